The molecule has 1 rings (SSSR count). The highest BCUT2D eigenvalue weighted by Gasteiger charge is 1.89. The first-order chi connectivity index (χ1) is 3.93. The van der Waals surface area contributed by atoms with Gasteiger partial charge in [-0.15, -0.1) is 0 Å². The van der Waals surface area contributed by atoms with Crippen LogP contribution in [0.15, 0.2) is 12.4 Å². The molecule has 0 saturated heterocycles. The molecule has 1 N–H and O–H groups in total. The molecule has 0 saturated carbocycles. The summed E-state index contributed by atoms with van der Waals surface area (Å²) in [7, 11) is -0.388. The van der Waals surface area contributed by atoms with Gasteiger partial charge in [-0.1, -0.05) is 0 Å². The van der Waals surface area contributed by atoms with Crippen molar-refractivity contribution in [3.05, 3.63) is 12.4 Å². The summed E-state index contributed by atoms with van der Waals surface area (Å²) in [5.74, 6) is 0. The van der Waals surface area contributed by atoms with Gasteiger partial charge >= 0.3 is 14.7 Å². The van der Waals surface area contributed by atoms with E-state index in [1.54, 1.807) is 6.20 Å². The van der Waals surface area contributed by atoms with Gasteiger partial charge in [0.1, 0.15) is 0 Å². The van der Waals surface area contributed by atoms with E-state index in [4.69, 9.17) is 0 Å². The lowest BCUT2D eigenvalue weighted by Gasteiger charge is -1.81. The Hall–Kier alpha value is -0.890. The van der Waals surface area contributed by atoms with E-state index in [2.05, 4.69) is 14.5 Å². The first kappa shape index (κ1) is 5.25. The lowest BCUT2D eigenvalue weighted by molar-refractivity contribution is 0.506. The highest BCUT2D eigenvalue weighted by molar-refractivity contribution is 7.17. The molecule has 0 aliphatic heterocycles. The molecule has 0 amide bonds. The van der Waals surface area contributed by atoms with Crippen LogP contribution in [0.2, 0.25) is 0 Å². The summed E-state index contributed by atoms with van der Waals surface area (Å²) in [6.07, 6.45) is 3.10. The SMILES string of the molecule is O=POc1ncc[nH]1. The van der Waals surface area contributed by atoms with Crippen LogP contribution in [0.25, 0.3) is 0 Å². The maximum Gasteiger partial charge on any atom is 0.398 e. The second kappa shape index (κ2) is 2.43. The van der Waals surface area contributed by atoms with Gasteiger partial charge in [0, 0.05) is 12.4 Å². The fourth-order valence-corrected chi connectivity index (χ4v) is 0.506. The second-order valence-electron chi connectivity index (χ2n) is 1.06. The van der Waals surface area contributed by atoms with Crippen LogP contribution in [0, 0.1) is 0 Å². The van der Waals surface area contributed by atoms with Gasteiger partial charge in [-0.3, -0.25) is 0 Å². The van der Waals surface area contributed by atoms with Crippen LogP contribution in [-0.2, 0) is 4.57 Å². The molecule has 0 spiro atoms. The van der Waals surface area contributed by atoms with Crippen LogP contribution in [0.4, 0.5) is 0 Å². The van der Waals surface area contributed by atoms with Crippen LogP contribution in [0.5, 0.6) is 6.01 Å². The van der Waals surface area contributed by atoms with Gasteiger partial charge in [0.05, 0.1) is 0 Å². The molecule has 8 heavy (non-hydrogen) atoms. The zero-order valence-corrected chi connectivity index (χ0v) is 4.76. The van der Waals surface area contributed by atoms with Crippen LogP contribution in [0.1, 0.15) is 0 Å². The maximum atomic E-state index is 9.69. The minimum atomic E-state index is -0.388. The molecule has 4 nitrogen and oxygen atoms in total. The Bertz CT molecular complexity index is 162. The Balaban J connectivity index is 2.62. The first-order valence-electron chi connectivity index (χ1n) is 1.92. The second-order valence-corrected chi connectivity index (χ2v) is 1.39. The molecule has 0 aliphatic rings. The standard InChI is InChI=1S/C3H3N2O2P/c6-8-7-3-4-1-2-5-3/h1-2H,(H,4,5). The van der Waals surface area contributed by atoms with Gasteiger partial charge in [-0.2, -0.15) is 0 Å². The number of H-pyrrole nitrogens is 1. The van der Waals surface area contributed by atoms with Crippen molar-refractivity contribution in [2.24, 2.45) is 0 Å². The number of aromatic nitrogens is 2. The third-order valence-corrected chi connectivity index (χ3v) is 0.844. The van der Waals surface area contributed by atoms with E-state index in [1.807, 2.05) is 0 Å². The Kier molecular flexibility index (Phi) is 1.59. The number of nitrogens with one attached hydrogen (secondary N) is 1. The lowest BCUT2D eigenvalue weighted by atomic mass is 11.0. The summed E-state index contributed by atoms with van der Waals surface area (Å²) in [4.78, 5) is 6.22. The van der Waals surface area contributed by atoms with Crippen LogP contribution in [0.3, 0.4) is 0 Å². The third kappa shape index (κ3) is 1.04. The highest BCUT2D eigenvalue weighted by atomic mass is 31.1. The molecule has 0 aromatic carbocycles. The molecule has 0 unspecified atom stereocenters. The Morgan fingerprint density at radius 1 is 1.88 bits per heavy atom. The van der Waals surface area contributed by atoms with Crippen molar-refractivity contribution in [1.29, 1.82) is 0 Å². The van der Waals surface area contributed by atoms with E-state index in [-0.39, 0.29) is 14.7 Å². The predicted octanol–water partition coefficient (Wildman–Crippen LogP) is 0.995. The molecule has 0 radical (unpaired) electrons. The van der Waals surface area contributed by atoms with Crippen LogP contribution in [-0.4, -0.2) is 9.97 Å². The van der Waals surface area contributed by atoms with E-state index < -0.39 is 0 Å². The number of nitrogens with zero attached hydrogens (tertiary/aromatic N) is 1. The van der Waals surface area contributed by atoms with E-state index in [9.17, 15) is 4.57 Å². The average molecular weight is 130 g/mol. The van der Waals surface area contributed by atoms with E-state index in [0.29, 0.717) is 0 Å². The molecular weight excluding hydrogens is 127 g/mol. The fourth-order valence-electron chi connectivity index (χ4n) is 0.336. The number of hydrogen-bond donors (Lipinski definition) is 1. The van der Waals surface area contributed by atoms with Crippen molar-refractivity contribution >= 4 is 8.69 Å². The predicted molar refractivity (Wildman–Crippen MR) is 26.8 cm³/mol. The molecule has 1 aromatic heterocycles. The highest BCUT2D eigenvalue weighted by Crippen LogP contribution is 2.04. The van der Waals surface area contributed by atoms with Gasteiger partial charge in [-0.25, -0.2) is 9.55 Å². The van der Waals surface area contributed by atoms with Crippen LogP contribution < -0.4 is 4.52 Å². The zero-order valence-electron chi connectivity index (χ0n) is 3.87. The average Bonchev–Trinajstić information content (AvgIpc) is 2.19. The molecule has 1 heterocycles. The Labute approximate surface area is 47.2 Å². The van der Waals surface area contributed by atoms with Crippen molar-refractivity contribution in [2.75, 3.05) is 0 Å². The normalized spacial score (nSPS) is 9.50. The molecule has 42 valence electrons. The van der Waals surface area contributed by atoms with Gasteiger partial charge in [-0.05, 0) is 0 Å². The quantitative estimate of drug-likeness (QED) is 0.607. The van der Waals surface area contributed by atoms with Gasteiger partial charge in [0.2, 0.25) is 0 Å². The summed E-state index contributed by atoms with van der Waals surface area (Å²) < 4.78 is 14.1. The first-order valence-corrected chi connectivity index (χ1v) is 2.65. The fraction of sp³-hybridized carbons (Fsp3) is 0. The number of aromatic amines is 1. The molecule has 1 aromatic rings. The number of imidazole rings is 1. The summed E-state index contributed by atoms with van der Waals surface area (Å²) in [6, 6.07) is 0.265. The minimum Gasteiger partial charge on any atom is -0.372 e. The molecule has 0 aliphatic carbocycles. The van der Waals surface area contributed by atoms with Crippen molar-refractivity contribution in [3.63, 3.8) is 0 Å². The molecule has 0 atom stereocenters. The molecule has 0 fully saturated rings. The Morgan fingerprint density at radius 2 is 2.75 bits per heavy atom. The van der Waals surface area contributed by atoms with Gasteiger partial charge < -0.3 is 9.51 Å². The Morgan fingerprint density at radius 3 is 3.25 bits per heavy atom. The molecule has 0 bridgehead atoms. The topological polar surface area (TPSA) is 55.0 Å². The van der Waals surface area contributed by atoms with Crippen molar-refractivity contribution in [3.8, 4) is 6.01 Å². The van der Waals surface area contributed by atoms with E-state index >= 15 is 0 Å². The number of hydrogen-bond acceptors (Lipinski definition) is 3. The van der Waals surface area contributed by atoms with E-state index in [1.165, 1.54) is 6.20 Å². The van der Waals surface area contributed by atoms with E-state index in [0.717, 1.165) is 0 Å². The van der Waals surface area contributed by atoms with Crippen molar-refractivity contribution < 1.29 is 9.09 Å². The lowest BCUT2D eigenvalue weighted by Crippen LogP contribution is -1.74. The summed E-state index contributed by atoms with van der Waals surface area (Å²) in [5.41, 5.74) is 0. The third-order valence-electron chi connectivity index (χ3n) is 0.597. The maximum absolute atomic E-state index is 9.69. The molecule has 5 heteroatoms. The van der Waals surface area contributed by atoms with Crippen LogP contribution >= 0.6 is 8.69 Å². The summed E-state index contributed by atoms with van der Waals surface area (Å²) in [6.45, 7) is 0. The minimum absolute atomic E-state index is 0.265. The van der Waals surface area contributed by atoms with Crippen molar-refractivity contribution in [1.82, 2.24) is 9.97 Å². The largest absolute Gasteiger partial charge is 0.398 e. The molecular formula is C3H3N2O2P. The number of rotatable bonds is 2. The van der Waals surface area contributed by atoms with Gasteiger partial charge in [0.15, 0.2) is 0 Å². The zero-order chi connectivity index (χ0) is 5.82. The van der Waals surface area contributed by atoms with Crippen molar-refractivity contribution in [2.45, 2.75) is 0 Å². The summed E-state index contributed by atoms with van der Waals surface area (Å²) >= 11 is 0. The monoisotopic (exact) mass is 130 g/mol. The van der Waals surface area contributed by atoms with Gasteiger partial charge in [0.25, 0.3) is 0 Å². The summed E-state index contributed by atoms with van der Waals surface area (Å²) in [5, 5.41) is 0. The smallest absolute Gasteiger partial charge is 0.372 e.